The Morgan fingerprint density at radius 2 is 2.53 bits per heavy atom. The van der Waals surface area contributed by atoms with E-state index < -0.39 is 6.16 Å². The van der Waals surface area contributed by atoms with Crippen molar-refractivity contribution in [2.45, 2.75) is 32.6 Å². The molecule has 0 radical (unpaired) electrons. The van der Waals surface area contributed by atoms with Crippen molar-refractivity contribution in [3.63, 3.8) is 0 Å². The average molecular weight is 211 g/mol. The summed E-state index contributed by atoms with van der Waals surface area (Å²) in [5.41, 5.74) is 1.67. The van der Waals surface area contributed by atoms with Gasteiger partial charge in [0.25, 0.3) is 0 Å². The van der Waals surface area contributed by atoms with Crippen LogP contribution in [0.25, 0.3) is 0 Å². The van der Waals surface area contributed by atoms with Crippen molar-refractivity contribution < 1.29 is 19.2 Å². The topological polar surface area (TPSA) is 72.6 Å². The lowest BCUT2D eigenvalue weighted by atomic mass is 9.86. The summed E-state index contributed by atoms with van der Waals surface area (Å²) in [4.78, 5) is 10.4. The molecule has 1 aromatic heterocycles. The Balaban J connectivity index is 2.21. The third-order valence-corrected chi connectivity index (χ3v) is 2.87. The second-order valence-corrected chi connectivity index (χ2v) is 3.78. The minimum absolute atomic E-state index is 0.0515. The first-order valence-corrected chi connectivity index (χ1v) is 5.09. The number of hydrogen-bond acceptors (Lipinski definition) is 4. The summed E-state index contributed by atoms with van der Waals surface area (Å²) in [5.74, 6) is 0.628. The summed E-state index contributed by atoms with van der Waals surface area (Å²) < 4.78 is 9.40. The maximum atomic E-state index is 10.4. The highest BCUT2D eigenvalue weighted by Gasteiger charge is 2.26. The van der Waals surface area contributed by atoms with Crippen LogP contribution in [0.2, 0.25) is 0 Å². The Hall–Kier alpha value is -1.52. The second-order valence-electron chi connectivity index (χ2n) is 3.78. The van der Waals surface area contributed by atoms with Gasteiger partial charge in [-0.25, -0.2) is 4.79 Å². The maximum absolute atomic E-state index is 10.4. The van der Waals surface area contributed by atoms with E-state index in [2.05, 4.69) is 16.8 Å². The largest absolute Gasteiger partial charge is 0.513 e. The van der Waals surface area contributed by atoms with E-state index in [1.807, 2.05) is 0 Å². The van der Waals surface area contributed by atoms with Gasteiger partial charge in [0.15, 0.2) is 0 Å². The maximum Gasteiger partial charge on any atom is 0.513 e. The van der Waals surface area contributed by atoms with Crippen LogP contribution in [-0.2, 0) is 12.8 Å². The van der Waals surface area contributed by atoms with Crippen LogP contribution in [0.1, 0.15) is 31.0 Å². The van der Waals surface area contributed by atoms with E-state index in [1.165, 1.54) is 0 Å². The van der Waals surface area contributed by atoms with Crippen LogP contribution in [0, 0.1) is 5.92 Å². The molecule has 5 nitrogen and oxygen atoms in total. The summed E-state index contributed by atoms with van der Waals surface area (Å²) in [7, 11) is 0. The van der Waals surface area contributed by atoms with Gasteiger partial charge < -0.3 is 14.4 Å². The highest BCUT2D eigenvalue weighted by molar-refractivity contribution is 5.60. The second kappa shape index (κ2) is 3.92. The summed E-state index contributed by atoms with van der Waals surface area (Å²) in [6.45, 7) is 2.13. The van der Waals surface area contributed by atoms with Crippen molar-refractivity contribution in [1.82, 2.24) is 5.16 Å². The molecule has 1 atom stereocenters. The van der Waals surface area contributed by atoms with Gasteiger partial charge in [-0.1, -0.05) is 18.5 Å². The molecule has 0 spiro atoms. The molecule has 1 aromatic rings. The van der Waals surface area contributed by atoms with E-state index in [0.717, 1.165) is 36.9 Å². The third-order valence-electron chi connectivity index (χ3n) is 2.87. The predicted molar refractivity (Wildman–Crippen MR) is 51.0 cm³/mol. The molecule has 2 rings (SSSR count). The van der Waals surface area contributed by atoms with Crippen molar-refractivity contribution in [1.29, 1.82) is 0 Å². The zero-order valence-electron chi connectivity index (χ0n) is 8.52. The lowest BCUT2D eigenvalue weighted by Gasteiger charge is -2.18. The normalized spacial score (nSPS) is 19.7. The predicted octanol–water partition coefficient (Wildman–Crippen LogP) is 2.25. The van der Waals surface area contributed by atoms with Gasteiger partial charge in [-0.2, -0.15) is 0 Å². The molecule has 1 heterocycles. The number of rotatable bonds is 2. The minimum Gasteiger partial charge on any atom is -0.449 e. The SMILES string of the molecule is CCC1CCc2noc(OC(=O)O)c2C1. The fraction of sp³-hybridized carbons (Fsp3) is 0.600. The molecule has 0 saturated heterocycles. The van der Waals surface area contributed by atoms with Crippen LogP contribution >= 0.6 is 0 Å². The van der Waals surface area contributed by atoms with E-state index in [-0.39, 0.29) is 5.95 Å². The van der Waals surface area contributed by atoms with E-state index in [4.69, 9.17) is 9.63 Å². The lowest BCUT2D eigenvalue weighted by molar-refractivity contribution is 0.127. The third kappa shape index (κ3) is 1.95. The zero-order valence-corrected chi connectivity index (χ0v) is 8.52. The summed E-state index contributed by atoms with van der Waals surface area (Å²) in [5, 5.41) is 12.3. The molecule has 0 saturated carbocycles. The molecule has 0 aromatic carbocycles. The fourth-order valence-corrected chi connectivity index (χ4v) is 1.96. The first kappa shape index (κ1) is 10.0. The van der Waals surface area contributed by atoms with Crippen molar-refractivity contribution in [2.24, 2.45) is 5.92 Å². The smallest absolute Gasteiger partial charge is 0.449 e. The van der Waals surface area contributed by atoms with Crippen molar-refractivity contribution in [3.8, 4) is 5.95 Å². The van der Waals surface area contributed by atoms with Gasteiger partial charge in [0.2, 0.25) is 0 Å². The lowest BCUT2D eigenvalue weighted by Crippen LogP contribution is -2.14. The Bertz CT molecular complexity index is 371. The molecule has 15 heavy (non-hydrogen) atoms. The van der Waals surface area contributed by atoms with E-state index >= 15 is 0 Å². The Labute approximate surface area is 87.0 Å². The van der Waals surface area contributed by atoms with Gasteiger partial charge in [0.05, 0.1) is 11.3 Å². The molecular formula is C10H13NO4. The number of aromatic nitrogens is 1. The molecule has 0 aliphatic heterocycles. The molecule has 0 amide bonds. The molecule has 0 fully saturated rings. The van der Waals surface area contributed by atoms with Crippen LogP contribution in [0.5, 0.6) is 5.95 Å². The van der Waals surface area contributed by atoms with Gasteiger partial charge in [-0.15, -0.1) is 0 Å². The number of carboxylic acid groups (broad SMARTS) is 1. The summed E-state index contributed by atoms with van der Waals surface area (Å²) in [6, 6.07) is 0. The molecule has 82 valence electrons. The minimum atomic E-state index is -1.35. The van der Waals surface area contributed by atoms with Crippen LogP contribution < -0.4 is 4.74 Å². The van der Waals surface area contributed by atoms with Gasteiger partial charge in [-0.3, -0.25) is 0 Å². The van der Waals surface area contributed by atoms with Crippen LogP contribution in [0.4, 0.5) is 4.79 Å². The summed E-state index contributed by atoms with van der Waals surface area (Å²) >= 11 is 0. The van der Waals surface area contributed by atoms with Crippen molar-refractivity contribution in [3.05, 3.63) is 11.3 Å². The number of fused-ring (bicyclic) bond motifs is 1. The monoisotopic (exact) mass is 211 g/mol. The molecule has 1 aliphatic rings. The highest BCUT2D eigenvalue weighted by atomic mass is 16.7. The van der Waals surface area contributed by atoms with Gasteiger partial charge >= 0.3 is 12.1 Å². The molecule has 1 aliphatic carbocycles. The highest BCUT2D eigenvalue weighted by Crippen LogP contribution is 2.33. The van der Waals surface area contributed by atoms with Gasteiger partial charge in [-0.05, 0) is 25.2 Å². The number of nitrogens with zero attached hydrogens (tertiary/aromatic N) is 1. The van der Waals surface area contributed by atoms with Gasteiger partial charge in [0.1, 0.15) is 0 Å². The molecule has 5 heteroatoms. The van der Waals surface area contributed by atoms with Crippen LogP contribution in [0.3, 0.4) is 0 Å². The number of ether oxygens (including phenoxy) is 1. The first-order valence-electron chi connectivity index (χ1n) is 5.09. The van der Waals surface area contributed by atoms with Gasteiger partial charge in [0, 0.05) is 0 Å². The van der Waals surface area contributed by atoms with E-state index in [1.54, 1.807) is 0 Å². The standard InChI is InChI=1S/C10H13NO4/c1-2-6-3-4-8-7(5-6)9(15-11-8)14-10(12)13/h6H,2-5H2,1H3,(H,12,13). The first-order chi connectivity index (χ1) is 7.20. The van der Waals surface area contributed by atoms with Crippen LogP contribution in [0.15, 0.2) is 4.52 Å². The van der Waals surface area contributed by atoms with E-state index in [0.29, 0.717) is 5.92 Å². The number of hydrogen-bond donors (Lipinski definition) is 1. The number of carbonyl (C=O) groups is 1. The summed E-state index contributed by atoms with van der Waals surface area (Å²) in [6.07, 6.45) is 2.46. The van der Waals surface area contributed by atoms with E-state index in [9.17, 15) is 4.79 Å². The quantitative estimate of drug-likeness (QED) is 0.759. The Kier molecular flexibility index (Phi) is 2.62. The van der Waals surface area contributed by atoms with Crippen molar-refractivity contribution >= 4 is 6.16 Å². The van der Waals surface area contributed by atoms with Crippen molar-refractivity contribution in [2.75, 3.05) is 0 Å². The Morgan fingerprint density at radius 3 is 3.20 bits per heavy atom. The van der Waals surface area contributed by atoms with Crippen LogP contribution in [-0.4, -0.2) is 16.4 Å². The number of aryl methyl sites for hydroxylation is 1. The fourth-order valence-electron chi connectivity index (χ4n) is 1.96. The molecular weight excluding hydrogens is 198 g/mol. The Morgan fingerprint density at radius 1 is 1.73 bits per heavy atom. The molecule has 1 N–H and O–H groups in total. The average Bonchev–Trinajstić information content (AvgIpc) is 2.60. The molecule has 0 bridgehead atoms. The zero-order chi connectivity index (χ0) is 10.8. The molecule has 1 unspecified atom stereocenters.